The van der Waals surface area contributed by atoms with Crippen molar-refractivity contribution in [2.75, 3.05) is 4.90 Å². The third-order valence-corrected chi connectivity index (χ3v) is 4.01. The second-order valence-electron chi connectivity index (χ2n) is 5.77. The minimum absolute atomic E-state index is 0.368. The van der Waals surface area contributed by atoms with Gasteiger partial charge >= 0.3 is 6.03 Å². The molecule has 1 atom stereocenters. The highest BCUT2D eigenvalue weighted by molar-refractivity contribution is 6.09. The van der Waals surface area contributed by atoms with Crippen molar-refractivity contribution < 1.29 is 9.59 Å². The molecular formula is C22H17N3O2. The second-order valence-corrected chi connectivity index (χ2v) is 5.77. The van der Waals surface area contributed by atoms with Gasteiger partial charge < -0.3 is 0 Å². The number of hydrogen-bond acceptors (Lipinski definition) is 3. The van der Waals surface area contributed by atoms with Crippen LogP contribution in [0.3, 0.4) is 0 Å². The van der Waals surface area contributed by atoms with Crippen LogP contribution >= 0.6 is 0 Å². The molecule has 5 nitrogen and oxygen atoms in total. The van der Waals surface area contributed by atoms with E-state index < -0.39 is 18.0 Å². The number of amides is 3. The summed E-state index contributed by atoms with van der Waals surface area (Å²) in [7, 11) is 0. The first-order chi connectivity index (χ1) is 13.2. The quantitative estimate of drug-likeness (QED) is 0.758. The van der Waals surface area contributed by atoms with Crippen LogP contribution in [0, 0.1) is 11.3 Å². The van der Waals surface area contributed by atoms with E-state index in [0.29, 0.717) is 16.8 Å². The summed E-state index contributed by atoms with van der Waals surface area (Å²) in [6, 6.07) is 26.9. The van der Waals surface area contributed by atoms with Crippen molar-refractivity contribution in [3.63, 3.8) is 0 Å². The zero-order chi connectivity index (χ0) is 19.1. The first-order valence-corrected chi connectivity index (χ1v) is 8.40. The maximum Gasteiger partial charge on any atom is 0.330 e. The first-order valence-electron chi connectivity index (χ1n) is 8.40. The van der Waals surface area contributed by atoms with E-state index in [0.717, 1.165) is 0 Å². The Morgan fingerprint density at radius 3 is 1.89 bits per heavy atom. The Morgan fingerprint density at radius 1 is 0.815 bits per heavy atom. The smallest absolute Gasteiger partial charge is 0.273 e. The largest absolute Gasteiger partial charge is 0.330 e. The number of carbonyl (C=O) groups excluding carboxylic acids is 2. The zero-order valence-electron chi connectivity index (χ0n) is 14.4. The van der Waals surface area contributed by atoms with Crippen LogP contribution in [0.1, 0.15) is 22.0 Å². The molecule has 0 radical (unpaired) electrons. The SMILES string of the molecule is N#CC(c1ccccc1)N(C(=O)NC(=O)c1ccccc1)c1ccccc1. The van der Waals surface area contributed by atoms with Crippen molar-refractivity contribution in [3.05, 3.63) is 102 Å². The fraction of sp³-hybridized carbons (Fsp3) is 0.0455. The third kappa shape index (κ3) is 4.20. The average Bonchev–Trinajstić information content (AvgIpc) is 2.73. The van der Waals surface area contributed by atoms with Gasteiger partial charge in [0, 0.05) is 11.3 Å². The average molecular weight is 355 g/mol. The van der Waals surface area contributed by atoms with Crippen LogP contribution in [0.15, 0.2) is 91.0 Å². The van der Waals surface area contributed by atoms with Gasteiger partial charge in [0.15, 0.2) is 6.04 Å². The predicted octanol–water partition coefficient (Wildman–Crippen LogP) is 4.31. The van der Waals surface area contributed by atoms with Crippen molar-refractivity contribution >= 4 is 17.6 Å². The number of rotatable bonds is 4. The van der Waals surface area contributed by atoms with E-state index >= 15 is 0 Å². The summed E-state index contributed by atoms with van der Waals surface area (Å²) < 4.78 is 0. The van der Waals surface area contributed by atoms with Crippen LogP contribution in [-0.2, 0) is 0 Å². The standard InChI is InChI=1S/C22H17N3O2/c23-16-20(17-10-4-1-5-11-17)25(19-14-8-3-9-15-19)22(27)24-21(26)18-12-6-2-7-13-18/h1-15,20H,(H,24,26,27). The maximum absolute atomic E-state index is 12.9. The number of hydrogen-bond donors (Lipinski definition) is 1. The van der Waals surface area contributed by atoms with E-state index in [4.69, 9.17) is 0 Å². The van der Waals surface area contributed by atoms with Crippen molar-refractivity contribution in [3.8, 4) is 6.07 Å². The molecule has 0 aromatic heterocycles. The topological polar surface area (TPSA) is 73.2 Å². The minimum atomic E-state index is -0.878. The zero-order valence-corrected chi connectivity index (χ0v) is 14.4. The number of anilines is 1. The van der Waals surface area contributed by atoms with Crippen molar-refractivity contribution in [2.45, 2.75) is 6.04 Å². The molecule has 0 saturated carbocycles. The molecular weight excluding hydrogens is 338 g/mol. The van der Waals surface area contributed by atoms with E-state index in [1.165, 1.54) is 4.90 Å². The summed E-state index contributed by atoms with van der Waals surface area (Å²) in [6.45, 7) is 0. The van der Waals surface area contributed by atoms with Crippen LogP contribution in [0.5, 0.6) is 0 Å². The lowest BCUT2D eigenvalue weighted by Gasteiger charge is -2.27. The number of para-hydroxylation sites is 1. The van der Waals surface area contributed by atoms with Gasteiger partial charge in [-0.3, -0.25) is 15.0 Å². The number of carbonyl (C=O) groups is 2. The van der Waals surface area contributed by atoms with Gasteiger partial charge in [-0.05, 0) is 29.8 Å². The van der Waals surface area contributed by atoms with Crippen molar-refractivity contribution in [1.82, 2.24) is 5.32 Å². The highest BCUT2D eigenvalue weighted by Crippen LogP contribution is 2.26. The number of benzene rings is 3. The molecule has 0 spiro atoms. The highest BCUT2D eigenvalue weighted by Gasteiger charge is 2.28. The van der Waals surface area contributed by atoms with Gasteiger partial charge in [0.2, 0.25) is 0 Å². The van der Waals surface area contributed by atoms with Crippen LogP contribution in [0.25, 0.3) is 0 Å². The minimum Gasteiger partial charge on any atom is -0.273 e. The van der Waals surface area contributed by atoms with E-state index in [1.54, 1.807) is 78.9 Å². The number of nitrogens with one attached hydrogen (secondary N) is 1. The second kappa shape index (κ2) is 8.45. The van der Waals surface area contributed by atoms with E-state index in [-0.39, 0.29) is 0 Å². The monoisotopic (exact) mass is 355 g/mol. The molecule has 132 valence electrons. The molecule has 3 rings (SSSR count). The Bertz CT molecular complexity index is 951. The maximum atomic E-state index is 12.9. The lowest BCUT2D eigenvalue weighted by atomic mass is 10.1. The molecule has 1 unspecified atom stereocenters. The van der Waals surface area contributed by atoms with Crippen LogP contribution in [0.2, 0.25) is 0 Å². The molecule has 5 heteroatoms. The Balaban J connectivity index is 1.94. The van der Waals surface area contributed by atoms with Gasteiger partial charge in [-0.2, -0.15) is 5.26 Å². The summed E-state index contributed by atoms with van der Waals surface area (Å²) in [5.41, 5.74) is 1.55. The predicted molar refractivity (Wildman–Crippen MR) is 103 cm³/mol. The number of imide groups is 1. The Hall–Kier alpha value is -3.91. The van der Waals surface area contributed by atoms with Crippen LogP contribution < -0.4 is 10.2 Å². The van der Waals surface area contributed by atoms with Gasteiger partial charge in [-0.1, -0.05) is 66.7 Å². The Morgan fingerprint density at radius 2 is 1.33 bits per heavy atom. The molecule has 27 heavy (non-hydrogen) atoms. The fourth-order valence-electron chi connectivity index (χ4n) is 2.71. The molecule has 0 bridgehead atoms. The van der Waals surface area contributed by atoms with Crippen LogP contribution in [-0.4, -0.2) is 11.9 Å². The van der Waals surface area contributed by atoms with E-state index in [9.17, 15) is 14.9 Å². The van der Waals surface area contributed by atoms with Crippen LogP contribution in [0.4, 0.5) is 10.5 Å². The lowest BCUT2D eigenvalue weighted by molar-refractivity contribution is 0.0965. The van der Waals surface area contributed by atoms with Gasteiger partial charge in [0.25, 0.3) is 5.91 Å². The Kier molecular flexibility index (Phi) is 5.60. The summed E-state index contributed by atoms with van der Waals surface area (Å²) in [6.07, 6.45) is 0. The molecule has 0 aliphatic rings. The van der Waals surface area contributed by atoms with E-state index in [2.05, 4.69) is 11.4 Å². The number of urea groups is 1. The summed E-state index contributed by atoms with van der Waals surface area (Å²) >= 11 is 0. The van der Waals surface area contributed by atoms with Gasteiger partial charge in [0.05, 0.1) is 6.07 Å². The lowest BCUT2D eigenvalue weighted by Crippen LogP contribution is -2.44. The van der Waals surface area contributed by atoms with E-state index in [1.807, 2.05) is 12.1 Å². The summed E-state index contributed by atoms with van der Waals surface area (Å²) in [5.74, 6) is -0.522. The molecule has 0 saturated heterocycles. The fourth-order valence-corrected chi connectivity index (χ4v) is 2.71. The number of nitrogens with zero attached hydrogens (tertiary/aromatic N) is 2. The van der Waals surface area contributed by atoms with Crippen molar-refractivity contribution in [1.29, 1.82) is 5.26 Å². The molecule has 0 aliphatic heterocycles. The van der Waals surface area contributed by atoms with Gasteiger partial charge in [-0.25, -0.2) is 4.79 Å². The highest BCUT2D eigenvalue weighted by atomic mass is 16.2. The Labute approximate surface area is 157 Å². The first kappa shape index (κ1) is 17.9. The normalized spacial score (nSPS) is 11.1. The van der Waals surface area contributed by atoms with Crippen molar-refractivity contribution in [2.24, 2.45) is 0 Å². The molecule has 3 amide bonds. The van der Waals surface area contributed by atoms with Gasteiger partial charge in [-0.15, -0.1) is 0 Å². The summed E-state index contributed by atoms with van der Waals surface area (Å²) in [4.78, 5) is 26.6. The molecule has 3 aromatic rings. The number of nitriles is 1. The molecule has 3 aromatic carbocycles. The molecule has 0 aliphatic carbocycles. The third-order valence-electron chi connectivity index (χ3n) is 4.01. The molecule has 0 fully saturated rings. The summed E-state index contributed by atoms with van der Waals surface area (Å²) in [5, 5.41) is 12.1. The molecule has 0 heterocycles. The van der Waals surface area contributed by atoms with Gasteiger partial charge in [0.1, 0.15) is 0 Å². The molecule has 1 N–H and O–H groups in total.